The standard InChI is InChI=1S/C4H6N4O3S/c5-3(11-12(9)10)4-7-1-6-2-8-4/h1-3H,5H2,(H,9,10). The van der Waals surface area contributed by atoms with Crippen LogP contribution in [0.3, 0.4) is 0 Å². The number of nitrogens with zero attached hydrogens (tertiary/aromatic N) is 3. The van der Waals surface area contributed by atoms with E-state index in [9.17, 15) is 4.21 Å². The molecule has 7 nitrogen and oxygen atoms in total. The molecular weight excluding hydrogens is 184 g/mol. The number of hydrogen-bond donors (Lipinski definition) is 2. The van der Waals surface area contributed by atoms with Crippen LogP contribution in [0.25, 0.3) is 0 Å². The molecule has 0 saturated heterocycles. The summed E-state index contributed by atoms with van der Waals surface area (Å²) in [6, 6.07) is 0. The Kier molecular flexibility index (Phi) is 3.17. The second kappa shape index (κ2) is 4.16. The second-order valence-corrected chi connectivity index (χ2v) is 2.36. The molecule has 0 aromatic carbocycles. The monoisotopic (exact) mass is 190 g/mol. The van der Waals surface area contributed by atoms with Crippen LogP contribution < -0.4 is 5.73 Å². The number of hydrogen-bond acceptors (Lipinski definition) is 6. The summed E-state index contributed by atoms with van der Waals surface area (Å²) in [5.41, 5.74) is 5.27. The summed E-state index contributed by atoms with van der Waals surface area (Å²) in [5, 5.41) is 0. The third-order valence-electron chi connectivity index (χ3n) is 0.954. The van der Waals surface area contributed by atoms with Gasteiger partial charge in [-0.2, -0.15) is 4.21 Å². The van der Waals surface area contributed by atoms with Gasteiger partial charge in [0, 0.05) is 0 Å². The lowest BCUT2D eigenvalue weighted by molar-refractivity contribution is 0.205. The SMILES string of the molecule is NC(OS(=O)O)c1ncncn1. The molecule has 0 saturated carbocycles. The van der Waals surface area contributed by atoms with Crippen LogP contribution in [0.2, 0.25) is 0 Å². The van der Waals surface area contributed by atoms with Crippen molar-refractivity contribution in [1.29, 1.82) is 0 Å². The van der Waals surface area contributed by atoms with Crippen molar-refractivity contribution in [2.45, 2.75) is 6.23 Å². The normalized spacial score (nSPS) is 15.5. The lowest BCUT2D eigenvalue weighted by Crippen LogP contribution is -2.18. The van der Waals surface area contributed by atoms with Crippen molar-refractivity contribution in [2.75, 3.05) is 0 Å². The summed E-state index contributed by atoms with van der Waals surface area (Å²) in [6.07, 6.45) is 1.32. The van der Waals surface area contributed by atoms with Crippen molar-refractivity contribution in [3.05, 3.63) is 18.5 Å². The molecule has 1 aromatic heterocycles. The van der Waals surface area contributed by atoms with Crippen molar-refractivity contribution in [3.8, 4) is 0 Å². The van der Waals surface area contributed by atoms with Gasteiger partial charge in [0.1, 0.15) is 12.7 Å². The summed E-state index contributed by atoms with van der Waals surface area (Å²) >= 11 is -2.42. The molecule has 0 aliphatic carbocycles. The van der Waals surface area contributed by atoms with E-state index in [1.165, 1.54) is 12.7 Å². The van der Waals surface area contributed by atoms with Gasteiger partial charge in [0.05, 0.1) is 0 Å². The Morgan fingerprint density at radius 1 is 1.58 bits per heavy atom. The highest BCUT2D eigenvalue weighted by Gasteiger charge is 2.11. The molecule has 1 heterocycles. The highest BCUT2D eigenvalue weighted by Crippen LogP contribution is 2.03. The van der Waals surface area contributed by atoms with Crippen LogP contribution in [0.1, 0.15) is 12.1 Å². The average molecular weight is 190 g/mol. The Morgan fingerprint density at radius 2 is 2.17 bits per heavy atom. The molecule has 0 radical (unpaired) electrons. The quantitative estimate of drug-likeness (QED) is 0.463. The molecule has 0 aliphatic rings. The van der Waals surface area contributed by atoms with Gasteiger partial charge in [-0.25, -0.2) is 19.1 Å². The van der Waals surface area contributed by atoms with Crippen LogP contribution in [-0.2, 0) is 15.5 Å². The zero-order chi connectivity index (χ0) is 8.97. The summed E-state index contributed by atoms with van der Waals surface area (Å²) < 4.78 is 22.7. The minimum absolute atomic E-state index is 0.104. The van der Waals surface area contributed by atoms with Gasteiger partial charge in [0.2, 0.25) is 0 Å². The molecule has 66 valence electrons. The molecule has 1 rings (SSSR count). The number of rotatable bonds is 3. The van der Waals surface area contributed by atoms with Gasteiger partial charge in [-0.1, -0.05) is 0 Å². The van der Waals surface area contributed by atoms with Crippen LogP contribution in [0, 0.1) is 0 Å². The van der Waals surface area contributed by atoms with Crippen molar-refractivity contribution in [3.63, 3.8) is 0 Å². The van der Waals surface area contributed by atoms with E-state index < -0.39 is 17.6 Å². The fraction of sp³-hybridized carbons (Fsp3) is 0.250. The minimum atomic E-state index is -2.42. The van der Waals surface area contributed by atoms with Gasteiger partial charge in [-0.15, -0.1) is 0 Å². The average Bonchev–Trinajstić information content (AvgIpc) is 2.05. The van der Waals surface area contributed by atoms with Crippen LogP contribution in [-0.4, -0.2) is 23.7 Å². The Hall–Kier alpha value is -0.960. The Morgan fingerprint density at radius 3 is 2.67 bits per heavy atom. The van der Waals surface area contributed by atoms with Gasteiger partial charge >= 0.3 is 11.4 Å². The zero-order valence-electron chi connectivity index (χ0n) is 5.82. The molecule has 2 atom stereocenters. The predicted molar refractivity (Wildman–Crippen MR) is 38.6 cm³/mol. The lowest BCUT2D eigenvalue weighted by Gasteiger charge is -2.05. The first-order valence-corrected chi connectivity index (χ1v) is 3.89. The van der Waals surface area contributed by atoms with Gasteiger partial charge < -0.3 is 0 Å². The van der Waals surface area contributed by atoms with Gasteiger partial charge in [-0.05, 0) is 0 Å². The van der Waals surface area contributed by atoms with Crippen LogP contribution >= 0.6 is 0 Å². The molecule has 2 unspecified atom stereocenters. The maximum absolute atomic E-state index is 10.1. The van der Waals surface area contributed by atoms with Gasteiger partial charge in [0.15, 0.2) is 12.1 Å². The Labute approximate surface area is 70.5 Å². The molecular formula is C4H6N4O3S. The topological polar surface area (TPSA) is 111 Å². The van der Waals surface area contributed by atoms with E-state index in [0.29, 0.717) is 0 Å². The summed E-state index contributed by atoms with van der Waals surface area (Å²) in [5.74, 6) is 0.104. The van der Waals surface area contributed by atoms with E-state index in [-0.39, 0.29) is 5.82 Å². The van der Waals surface area contributed by atoms with E-state index >= 15 is 0 Å². The second-order valence-electron chi connectivity index (χ2n) is 1.73. The van der Waals surface area contributed by atoms with E-state index in [2.05, 4.69) is 19.1 Å². The minimum Gasteiger partial charge on any atom is -0.298 e. The fourth-order valence-corrected chi connectivity index (χ4v) is 0.790. The molecule has 0 bridgehead atoms. The summed E-state index contributed by atoms with van der Waals surface area (Å²) in [7, 11) is 0. The van der Waals surface area contributed by atoms with Gasteiger partial charge in [-0.3, -0.25) is 10.3 Å². The molecule has 3 N–H and O–H groups in total. The van der Waals surface area contributed by atoms with Crippen LogP contribution in [0.5, 0.6) is 0 Å². The van der Waals surface area contributed by atoms with E-state index in [4.69, 9.17) is 10.3 Å². The van der Waals surface area contributed by atoms with Crippen molar-refractivity contribution in [2.24, 2.45) is 5.73 Å². The van der Waals surface area contributed by atoms with E-state index in [1.807, 2.05) is 0 Å². The van der Waals surface area contributed by atoms with Crippen LogP contribution in [0.4, 0.5) is 0 Å². The number of aromatic nitrogens is 3. The molecule has 1 aromatic rings. The van der Waals surface area contributed by atoms with Crippen molar-refractivity contribution < 1.29 is 12.9 Å². The largest absolute Gasteiger partial charge is 0.303 e. The van der Waals surface area contributed by atoms with E-state index in [1.54, 1.807) is 0 Å². The van der Waals surface area contributed by atoms with Crippen molar-refractivity contribution in [1.82, 2.24) is 15.0 Å². The number of nitrogens with two attached hydrogens (primary N) is 1. The van der Waals surface area contributed by atoms with E-state index in [0.717, 1.165) is 0 Å². The first kappa shape index (κ1) is 9.13. The highest BCUT2D eigenvalue weighted by molar-refractivity contribution is 7.74. The van der Waals surface area contributed by atoms with Crippen molar-refractivity contribution >= 4 is 11.4 Å². The lowest BCUT2D eigenvalue weighted by atomic mass is 10.5. The van der Waals surface area contributed by atoms with Crippen LogP contribution in [0.15, 0.2) is 12.7 Å². The first-order chi connectivity index (χ1) is 5.70. The summed E-state index contributed by atoms with van der Waals surface area (Å²) in [4.78, 5) is 10.8. The molecule has 0 amide bonds. The molecule has 0 fully saturated rings. The summed E-state index contributed by atoms with van der Waals surface area (Å²) in [6.45, 7) is 0. The Balaban J connectivity index is 2.65. The zero-order valence-corrected chi connectivity index (χ0v) is 6.64. The third-order valence-corrected chi connectivity index (χ3v) is 1.33. The first-order valence-electron chi connectivity index (χ1n) is 2.85. The maximum atomic E-state index is 10.1. The molecule has 0 aliphatic heterocycles. The third kappa shape index (κ3) is 2.58. The van der Waals surface area contributed by atoms with Gasteiger partial charge in [0.25, 0.3) is 0 Å². The molecule has 12 heavy (non-hydrogen) atoms. The predicted octanol–water partition coefficient (Wildman–Crippen LogP) is -1.02. The Bertz CT molecular complexity index is 268. The molecule has 0 spiro atoms. The highest BCUT2D eigenvalue weighted by atomic mass is 32.2. The smallest absolute Gasteiger partial charge is 0.298 e. The fourth-order valence-electron chi connectivity index (χ4n) is 0.527. The maximum Gasteiger partial charge on any atom is 0.303 e. The molecule has 8 heteroatoms.